The fourth-order valence-corrected chi connectivity index (χ4v) is 0.992. The number of hydrogen-bond donors (Lipinski definition) is 1. The number of hydrogen-bond acceptors (Lipinski definition) is 2. The molecular weight excluding hydrogens is 162 g/mol. The summed E-state index contributed by atoms with van der Waals surface area (Å²) in [5.74, 6) is 1.62. The molecule has 13 heavy (non-hydrogen) atoms. The lowest BCUT2D eigenvalue weighted by atomic mass is 10.0. The van der Waals surface area contributed by atoms with Gasteiger partial charge >= 0.3 is 0 Å². The molecule has 1 unspecified atom stereocenters. The van der Waals surface area contributed by atoms with Gasteiger partial charge < -0.3 is 10.5 Å². The summed E-state index contributed by atoms with van der Waals surface area (Å²) in [6.07, 6.45) is 7.37. The van der Waals surface area contributed by atoms with E-state index in [9.17, 15) is 0 Å². The SMILES string of the molecule is CC.CC1C=CC(OCCN)=CC1. The number of ether oxygens (including phenoxy) is 1. The molecule has 0 amide bonds. The van der Waals surface area contributed by atoms with Crippen LogP contribution in [0, 0.1) is 5.92 Å². The van der Waals surface area contributed by atoms with Crippen molar-refractivity contribution in [3.05, 3.63) is 24.0 Å². The lowest BCUT2D eigenvalue weighted by Gasteiger charge is -2.12. The van der Waals surface area contributed by atoms with Crippen LogP contribution in [0.15, 0.2) is 24.0 Å². The molecule has 1 aliphatic rings. The van der Waals surface area contributed by atoms with Crippen LogP contribution in [0.25, 0.3) is 0 Å². The zero-order valence-electron chi connectivity index (χ0n) is 8.92. The van der Waals surface area contributed by atoms with Gasteiger partial charge in [-0.3, -0.25) is 0 Å². The van der Waals surface area contributed by atoms with Crippen LogP contribution in [-0.2, 0) is 4.74 Å². The van der Waals surface area contributed by atoms with E-state index in [-0.39, 0.29) is 0 Å². The Morgan fingerprint density at radius 2 is 2.23 bits per heavy atom. The molecule has 1 atom stereocenters. The Morgan fingerprint density at radius 1 is 1.54 bits per heavy atom. The molecule has 1 rings (SSSR count). The minimum absolute atomic E-state index is 0.584. The first-order valence-corrected chi connectivity index (χ1v) is 5.04. The van der Waals surface area contributed by atoms with E-state index in [1.54, 1.807) is 0 Å². The molecule has 0 saturated carbocycles. The molecule has 0 aromatic rings. The van der Waals surface area contributed by atoms with Gasteiger partial charge in [0.25, 0.3) is 0 Å². The number of rotatable bonds is 3. The molecule has 0 aromatic carbocycles. The molecule has 0 bridgehead atoms. The van der Waals surface area contributed by atoms with Crippen LogP contribution in [0.3, 0.4) is 0 Å². The highest BCUT2D eigenvalue weighted by molar-refractivity contribution is 5.17. The summed E-state index contributed by atoms with van der Waals surface area (Å²) in [5, 5.41) is 0. The standard InChI is InChI=1S/C9H15NO.C2H6/c1-8-2-4-9(5-3-8)11-7-6-10;1-2/h2,4-5,8H,3,6-7,10H2,1H3;1-2H3. The number of nitrogens with two attached hydrogens (primary N) is 1. The second-order valence-electron chi connectivity index (χ2n) is 2.82. The van der Waals surface area contributed by atoms with Crippen LogP contribution in [0.1, 0.15) is 27.2 Å². The van der Waals surface area contributed by atoms with Crippen LogP contribution in [0.5, 0.6) is 0 Å². The molecule has 2 nitrogen and oxygen atoms in total. The molecule has 0 spiro atoms. The average molecular weight is 183 g/mol. The van der Waals surface area contributed by atoms with Crippen molar-refractivity contribution in [3.8, 4) is 0 Å². The lowest BCUT2D eigenvalue weighted by molar-refractivity contribution is 0.230. The zero-order chi connectivity index (χ0) is 10.1. The number of allylic oxidation sites excluding steroid dienone is 3. The highest BCUT2D eigenvalue weighted by atomic mass is 16.5. The second-order valence-corrected chi connectivity index (χ2v) is 2.82. The van der Waals surface area contributed by atoms with Crippen LogP contribution in [0.2, 0.25) is 0 Å². The summed E-state index contributed by atoms with van der Waals surface area (Å²) >= 11 is 0. The summed E-state index contributed by atoms with van der Waals surface area (Å²) in [6, 6.07) is 0. The van der Waals surface area contributed by atoms with Gasteiger partial charge in [0.05, 0.1) is 0 Å². The van der Waals surface area contributed by atoms with Gasteiger partial charge in [-0.1, -0.05) is 26.8 Å². The third kappa shape index (κ3) is 5.47. The topological polar surface area (TPSA) is 35.2 Å². The van der Waals surface area contributed by atoms with Crippen molar-refractivity contribution < 1.29 is 4.74 Å². The first-order chi connectivity index (χ1) is 6.33. The minimum Gasteiger partial charge on any atom is -0.493 e. The van der Waals surface area contributed by atoms with Gasteiger partial charge in [-0.25, -0.2) is 0 Å². The first kappa shape index (κ1) is 12.2. The molecular formula is C11H21NO. The Labute approximate surface area is 81.5 Å². The van der Waals surface area contributed by atoms with Crippen LogP contribution in [0.4, 0.5) is 0 Å². The third-order valence-corrected chi connectivity index (χ3v) is 1.67. The molecule has 1 aliphatic carbocycles. The Hall–Kier alpha value is -0.760. The third-order valence-electron chi connectivity index (χ3n) is 1.67. The zero-order valence-corrected chi connectivity index (χ0v) is 8.92. The van der Waals surface area contributed by atoms with E-state index in [4.69, 9.17) is 10.5 Å². The quantitative estimate of drug-likeness (QED) is 0.729. The smallest absolute Gasteiger partial charge is 0.115 e. The molecule has 0 aliphatic heterocycles. The van der Waals surface area contributed by atoms with E-state index in [1.165, 1.54) is 0 Å². The first-order valence-electron chi connectivity index (χ1n) is 5.04. The van der Waals surface area contributed by atoms with E-state index in [0.29, 0.717) is 19.1 Å². The Balaban J connectivity index is 0.000000671. The molecule has 0 saturated heterocycles. The average Bonchev–Trinajstić information content (AvgIpc) is 2.20. The van der Waals surface area contributed by atoms with Crippen molar-refractivity contribution in [2.75, 3.05) is 13.2 Å². The fraction of sp³-hybridized carbons (Fsp3) is 0.636. The maximum atomic E-state index is 5.33. The van der Waals surface area contributed by atoms with Gasteiger partial charge in [0, 0.05) is 6.54 Å². The van der Waals surface area contributed by atoms with Crippen molar-refractivity contribution in [1.29, 1.82) is 0 Å². The molecule has 0 radical (unpaired) electrons. The van der Waals surface area contributed by atoms with E-state index in [0.717, 1.165) is 12.2 Å². The summed E-state index contributed by atoms with van der Waals surface area (Å²) in [6.45, 7) is 7.39. The lowest BCUT2D eigenvalue weighted by Crippen LogP contribution is -2.08. The normalized spacial score (nSPS) is 20.0. The molecule has 0 fully saturated rings. The Kier molecular flexibility index (Phi) is 7.41. The van der Waals surface area contributed by atoms with E-state index in [1.807, 2.05) is 19.9 Å². The Bertz CT molecular complexity index is 173. The summed E-state index contributed by atoms with van der Waals surface area (Å²) < 4.78 is 5.33. The summed E-state index contributed by atoms with van der Waals surface area (Å²) in [4.78, 5) is 0. The molecule has 0 aromatic heterocycles. The van der Waals surface area contributed by atoms with Crippen LogP contribution >= 0.6 is 0 Å². The van der Waals surface area contributed by atoms with Crippen molar-refractivity contribution >= 4 is 0 Å². The fourth-order valence-electron chi connectivity index (χ4n) is 0.992. The summed E-state index contributed by atoms with van der Waals surface area (Å²) in [5.41, 5.74) is 5.30. The molecule has 0 heterocycles. The van der Waals surface area contributed by atoms with Gasteiger partial charge in [-0.15, -0.1) is 0 Å². The van der Waals surface area contributed by atoms with Crippen LogP contribution in [-0.4, -0.2) is 13.2 Å². The van der Waals surface area contributed by atoms with E-state index in [2.05, 4.69) is 19.1 Å². The van der Waals surface area contributed by atoms with Crippen molar-refractivity contribution in [2.24, 2.45) is 11.7 Å². The largest absolute Gasteiger partial charge is 0.493 e. The molecule has 2 N–H and O–H groups in total. The molecule has 2 heteroatoms. The predicted octanol–water partition coefficient (Wildman–Crippen LogP) is 2.47. The maximum absolute atomic E-state index is 5.33. The van der Waals surface area contributed by atoms with Crippen molar-refractivity contribution in [1.82, 2.24) is 0 Å². The van der Waals surface area contributed by atoms with Crippen molar-refractivity contribution in [3.63, 3.8) is 0 Å². The Morgan fingerprint density at radius 3 is 2.69 bits per heavy atom. The van der Waals surface area contributed by atoms with Gasteiger partial charge in [-0.2, -0.15) is 0 Å². The predicted molar refractivity (Wildman–Crippen MR) is 57.4 cm³/mol. The highest BCUT2D eigenvalue weighted by Gasteiger charge is 2.02. The highest BCUT2D eigenvalue weighted by Crippen LogP contribution is 2.15. The van der Waals surface area contributed by atoms with E-state index >= 15 is 0 Å². The van der Waals surface area contributed by atoms with Crippen LogP contribution < -0.4 is 5.73 Å². The summed E-state index contributed by atoms with van der Waals surface area (Å²) in [7, 11) is 0. The molecule has 76 valence electrons. The van der Waals surface area contributed by atoms with Gasteiger partial charge in [-0.05, 0) is 24.5 Å². The second kappa shape index (κ2) is 7.87. The maximum Gasteiger partial charge on any atom is 0.115 e. The van der Waals surface area contributed by atoms with Gasteiger partial charge in [0.2, 0.25) is 0 Å². The van der Waals surface area contributed by atoms with Gasteiger partial charge in [0.15, 0.2) is 0 Å². The van der Waals surface area contributed by atoms with E-state index < -0.39 is 0 Å². The van der Waals surface area contributed by atoms with Crippen molar-refractivity contribution in [2.45, 2.75) is 27.2 Å². The minimum atomic E-state index is 0.584. The monoisotopic (exact) mass is 183 g/mol. The van der Waals surface area contributed by atoms with Gasteiger partial charge in [0.1, 0.15) is 12.4 Å².